The Labute approximate surface area is 76.5 Å². The first-order chi connectivity index (χ1) is 5.62. The molecule has 0 saturated carbocycles. The lowest BCUT2D eigenvalue weighted by molar-refractivity contribution is -0.0231. The summed E-state index contributed by atoms with van der Waals surface area (Å²) in [7, 11) is 0. The van der Waals surface area contributed by atoms with Crippen LogP contribution in [0.4, 0.5) is 0 Å². The first-order valence-corrected chi connectivity index (χ1v) is 4.96. The van der Waals surface area contributed by atoms with E-state index in [1.807, 2.05) is 0 Å². The third-order valence-corrected chi connectivity index (χ3v) is 1.99. The van der Waals surface area contributed by atoms with E-state index >= 15 is 0 Å². The summed E-state index contributed by atoms with van der Waals surface area (Å²) in [6, 6.07) is 0. The highest BCUT2D eigenvalue weighted by Gasteiger charge is 2.15. The van der Waals surface area contributed by atoms with Gasteiger partial charge in [0, 0.05) is 6.61 Å². The number of hydrogen-bond donors (Lipinski definition) is 1. The maximum Gasteiger partial charge on any atom is 0.0638 e. The molecule has 0 aliphatic carbocycles. The van der Waals surface area contributed by atoms with Gasteiger partial charge in [0.25, 0.3) is 0 Å². The zero-order valence-corrected chi connectivity index (χ0v) is 8.73. The van der Waals surface area contributed by atoms with Crippen LogP contribution in [-0.4, -0.2) is 18.8 Å². The number of ether oxygens (including phenoxy) is 1. The Morgan fingerprint density at radius 2 is 1.92 bits per heavy atom. The fourth-order valence-electron chi connectivity index (χ4n) is 1.12. The lowest BCUT2D eigenvalue weighted by Crippen LogP contribution is -2.28. The Morgan fingerprint density at radius 1 is 1.25 bits per heavy atom. The molecule has 0 saturated heterocycles. The molecule has 74 valence electrons. The van der Waals surface area contributed by atoms with Crippen molar-refractivity contribution < 1.29 is 4.74 Å². The Balaban J connectivity index is 3.33. The average molecular weight is 173 g/mol. The van der Waals surface area contributed by atoms with E-state index in [9.17, 15) is 0 Å². The molecule has 2 heteroatoms. The zero-order chi connectivity index (χ0) is 9.45. The Hall–Kier alpha value is -0.0800. The minimum Gasteiger partial charge on any atom is -0.376 e. The lowest BCUT2D eigenvalue weighted by atomic mass is 10.1. The summed E-state index contributed by atoms with van der Waals surface area (Å²) in [6.45, 7) is 7.99. The van der Waals surface area contributed by atoms with Crippen molar-refractivity contribution in [2.45, 2.75) is 52.1 Å². The molecule has 2 nitrogen and oxygen atoms in total. The first-order valence-electron chi connectivity index (χ1n) is 4.96. The molecule has 2 N–H and O–H groups in total. The van der Waals surface area contributed by atoms with E-state index in [0.717, 1.165) is 13.0 Å². The lowest BCUT2D eigenvalue weighted by Gasteiger charge is -2.24. The van der Waals surface area contributed by atoms with Crippen LogP contribution in [0.3, 0.4) is 0 Å². The third-order valence-electron chi connectivity index (χ3n) is 1.99. The maximum absolute atomic E-state index is 5.69. The smallest absolute Gasteiger partial charge is 0.0638 e. The molecule has 0 atom stereocenters. The molecule has 0 bridgehead atoms. The van der Waals surface area contributed by atoms with Gasteiger partial charge >= 0.3 is 0 Å². The number of hydrogen-bond acceptors (Lipinski definition) is 2. The van der Waals surface area contributed by atoms with E-state index in [1.165, 1.54) is 19.3 Å². The third kappa shape index (κ3) is 6.62. The highest BCUT2D eigenvalue weighted by Crippen LogP contribution is 2.13. The first kappa shape index (κ1) is 11.9. The number of unbranched alkanes of at least 4 members (excludes halogenated alkanes) is 2. The SMILES string of the molecule is CCCCCOC(C)(C)CCN. The van der Waals surface area contributed by atoms with Crippen molar-refractivity contribution in [3.8, 4) is 0 Å². The van der Waals surface area contributed by atoms with Crippen LogP contribution in [-0.2, 0) is 4.74 Å². The van der Waals surface area contributed by atoms with E-state index in [4.69, 9.17) is 10.5 Å². The summed E-state index contributed by atoms with van der Waals surface area (Å²) < 4.78 is 5.69. The van der Waals surface area contributed by atoms with Gasteiger partial charge in [-0.15, -0.1) is 0 Å². The largest absolute Gasteiger partial charge is 0.376 e. The summed E-state index contributed by atoms with van der Waals surface area (Å²) in [4.78, 5) is 0. The minimum atomic E-state index is -0.0253. The number of nitrogens with two attached hydrogens (primary N) is 1. The van der Waals surface area contributed by atoms with Gasteiger partial charge in [-0.05, 0) is 33.2 Å². The molecule has 0 aromatic rings. The second kappa shape index (κ2) is 6.44. The van der Waals surface area contributed by atoms with Crippen LogP contribution in [0.1, 0.15) is 46.5 Å². The summed E-state index contributed by atoms with van der Waals surface area (Å²) >= 11 is 0. The fraction of sp³-hybridized carbons (Fsp3) is 1.00. The van der Waals surface area contributed by atoms with E-state index < -0.39 is 0 Å². The van der Waals surface area contributed by atoms with E-state index in [1.54, 1.807) is 0 Å². The van der Waals surface area contributed by atoms with Gasteiger partial charge in [0.1, 0.15) is 0 Å². The summed E-state index contributed by atoms with van der Waals surface area (Å²) in [6.07, 6.45) is 4.63. The molecule has 0 amide bonds. The Morgan fingerprint density at radius 3 is 2.42 bits per heavy atom. The van der Waals surface area contributed by atoms with Crippen molar-refractivity contribution >= 4 is 0 Å². The van der Waals surface area contributed by atoms with Gasteiger partial charge in [-0.2, -0.15) is 0 Å². The summed E-state index contributed by atoms with van der Waals surface area (Å²) in [5.74, 6) is 0. The molecular formula is C10H23NO. The van der Waals surface area contributed by atoms with E-state index in [0.29, 0.717) is 6.54 Å². The normalized spacial score (nSPS) is 12.0. The van der Waals surface area contributed by atoms with Crippen LogP contribution in [0, 0.1) is 0 Å². The van der Waals surface area contributed by atoms with Crippen molar-refractivity contribution in [3.05, 3.63) is 0 Å². The van der Waals surface area contributed by atoms with Crippen LogP contribution in [0.5, 0.6) is 0 Å². The zero-order valence-electron chi connectivity index (χ0n) is 8.73. The average Bonchev–Trinajstić information content (AvgIpc) is 1.98. The molecule has 0 aliphatic heterocycles. The Kier molecular flexibility index (Phi) is 6.39. The fourth-order valence-corrected chi connectivity index (χ4v) is 1.12. The van der Waals surface area contributed by atoms with Crippen LogP contribution < -0.4 is 5.73 Å². The van der Waals surface area contributed by atoms with Gasteiger partial charge < -0.3 is 10.5 Å². The molecule has 12 heavy (non-hydrogen) atoms. The molecule has 0 aromatic carbocycles. The summed E-state index contributed by atoms with van der Waals surface area (Å²) in [5, 5.41) is 0. The van der Waals surface area contributed by atoms with Crippen LogP contribution in [0.25, 0.3) is 0 Å². The van der Waals surface area contributed by atoms with Crippen molar-refractivity contribution in [2.24, 2.45) is 5.73 Å². The van der Waals surface area contributed by atoms with Gasteiger partial charge in [0.15, 0.2) is 0 Å². The van der Waals surface area contributed by atoms with Gasteiger partial charge in [-0.1, -0.05) is 19.8 Å². The van der Waals surface area contributed by atoms with Crippen LogP contribution >= 0.6 is 0 Å². The molecule has 0 unspecified atom stereocenters. The van der Waals surface area contributed by atoms with E-state index in [2.05, 4.69) is 20.8 Å². The van der Waals surface area contributed by atoms with Crippen molar-refractivity contribution in [2.75, 3.05) is 13.2 Å². The molecular weight excluding hydrogens is 150 g/mol. The van der Waals surface area contributed by atoms with Gasteiger partial charge in [-0.3, -0.25) is 0 Å². The molecule has 0 aromatic heterocycles. The predicted molar refractivity (Wildman–Crippen MR) is 53.2 cm³/mol. The van der Waals surface area contributed by atoms with Gasteiger partial charge in [0.2, 0.25) is 0 Å². The highest BCUT2D eigenvalue weighted by atomic mass is 16.5. The second-order valence-corrected chi connectivity index (χ2v) is 3.85. The Bertz CT molecular complexity index is 102. The second-order valence-electron chi connectivity index (χ2n) is 3.85. The minimum absolute atomic E-state index is 0.0253. The summed E-state index contributed by atoms with van der Waals surface area (Å²) in [5.41, 5.74) is 5.44. The maximum atomic E-state index is 5.69. The van der Waals surface area contributed by atoms with E-state index in [-0.39, 0.29) is 5.60 Å². The highest BCUT2D eigenvalue weighted by molar-refractivity contribution is 4.68. The molecule has 0 aliphatic rings. The molecule has 0 spiro atoms. The molecule has 0 rings (SSSR count). The molecule has 0 heterocycles. The molecule has 0 radical (unpaired) electrons. The quantitative estimate of drug-likeness (QED) is 0.600. The molecule has 0 fully saturated rings. The van der Waals surface area contributed by atoms with Crippen LogP contribution in [0.2, 0.25) is 0 Å². The monoisotopic (exact) mass is 173 g/mol. The topological polar surface area (TPSA) is 35.2 Å². The van der Waals surface area contributed by atoms with Crippen LogP contribution in [0.15, 0.2) is 0 Å². The standard InChI is InChI=1S/C10H23NO/c1-4-5-6-9-12-10(2,3)7-8-11/h4-9,11H2,1-3H3. The number of rotatable bonds is 7. The van der Waals surface area contributed by atoms with Gasteiger partial charge in [0.05, 0.1) is 5.60 Å². The van der Waals surface area contributed by atoms with Crippen molar-refractivity contribution in [1.29, 1.82) is 0 Å². The van der Waals surface area contributed by atoms with Gasteiger partial charge in [-0.25, -0.2) is 0 Å². The van der Waals surface area contributed by atoms with Crippen molar-refractivity contribution in [3.63, 3.8) is 0 Å². The van der Waals surface area contributed by atoms with Crippen molar-refractivity contribution in [1.82, 2.24) is 0 Å². The predicted octanol–water partition coefficient (Wildman–Crippen LogP) is 2.32.